The van der Waals surface area contributed by atoms with Crippen LogP contribution >= 0.6 is 0 Å². The van der Waals surface area contributed by atoms with Crippen LogP contribution in [0.2, 0.25) is 0 Å². The van der Waals surface area contributed by atoms with Gasteiger partial charge in [-0.15, -0.1) is 0 Å². The van der Waals surface area contributed by atoms with Crippen LogP contribution in [0.5, 0.6) is 11.5 Å². The second kappa shape index (κ2) is 9.90. The maximum absolute atomic E-state index is 5.28. The Labute approximate surface area is 205 Å². The molecule has 1 N–H and O–H groups in total. The molecule has 0 radical (unpaired) electrons. The normalized spacial score (nSPS) is 12.5. The van der Waals surface area contributed by atoms with Crippen LogP contribution < -0.4 is 19.7 Å². The minimum Gasteiger partial charge on any atom is -0.497 e. The zero-order chi connectivity index (χ0) is 24.2. The standard InChI is InChI=1S/C28H27N5O2/c1-33(18-19-4-11-23(34-2)12-5-19)28-26-17-30-27(32-22-8-9-22)14-25(26)20(15-31-28)6-7-21-10-13-24(35-3)16-29-21/h4-5,10-17,22H,8-9,18H2,1-3H3,(H,30,32). The van der Waals surface area contributed by atoms with E-state index in [1.807, 2.05) is 43.7 Å². The molecule has 0 atom stereocenters. The summed E-state index contributed by atoms with van der Waals surface area (Å²) in [5.74, 6) is 9.68. The number of anilines is 2. The molecule has 1 aliphatic carbocycles. The number of hydrogen-bond donors (Lipinski definition) is 1. The molecule has 35 heavy (non-hydrogen) atoms. The molecule has 7 heteroatoms. The molecule has 0 amide bonds. The van der Waals surface area contributed by atoms with Crippen molar-refractivity contribution in [2.24, 2.45) is 0 Å². The van der Waals surface area contributed by atoms with Crippen molar-refractivity contribution in [3.63, 3.8) is 0 Å². The Kier molecular flexibility index (Phi) is 6.36. The number of nitrogens with zero attached hydrogens (tertiary/aromatic N) is 4. The highest BCUT2D eigenvalue weighted by molar-refractivity contribution is 5.96. The van der Waals surface area contributed by atoms with E-state index in [-0.39, 0.29) is 0 Å². The summed E-state index contributed by atoms with van der Waals surface area (Å²) in [5.41, 5.74) is 2.67. The summed E-state index contributed by atoms with van der Waals surface area (Å²) in [6.45, 7) is 0.703. The van der Waals surface area contributed by atoms with E-state index in [9.17, 15) is 0 Å². The molecular formula is C28H27N5O2. The first kappa shape index (κ1) is 22.5. The van der Waals surface area contributed by atoms with E-state index in [1.54, 1.807) is 20.4 Å². The van der Waals surface area contributed by atoms with Gasteiger partial charge in [0.15, 0.2) is 0 Å². The van der Waals surface area contributed by atoms with Gasteiger partial charge in [-0.25, -0.2) is 15.0 Å². The van der Waals surface area contributed by atoms with Crippen molar-refractivity contribution in [2.45, 2.75) is 25.4 Å². The molecule has 1 fully saturated rings. The summed E-state index contributed by atoms with van der Waals surface area (Å²) in [7, 11) is 5.33. The maximum atomic E-state index is 5.28. The first-order chi connectivity index (χ1) is 17.1. The van der Waals surface area contributed by atoms with Crippen LogP contribution in [0.15, 0.2) is 61.1 Å². The van der Waals surface area contributed by atoms with Crippen molar-refractivity contribution in [1.29, 1.82) is 0 Å². The highest BCUT2D eigenvalue weighted by atomic mass is 16.5. The average Bonchev–Trinajstić information content (AvgIpc) is 3.72. The number of aromatic nitrogens is 3. The summed E-state index contributed by atoms with van der Waals surface area (Å²) in [6.07, 6.45) is 7.76. The first-order valence-corrected chi connectivity index (χ1v) is 11.5. The maximum Gasteiger partial charge on any atom is 0.138 e. The van der Waals surface area contributed by atoms with Gasteiger partial charge >= 0.3 is 0 Å². The topological polar surface area (TPSA) is 72.4 Å². The summed E-state index contributed by atoms with van der Waals surface area (Å²) < 4.78 is 10.5. The molecule has 0 saturated heterocycles. The minimum absolute atomic E-state index is 0.511. The van der Waals surface area contributed by atoms with Crippen LogP contribution in [0, 0.1) is 11.8 Å². The Morgan fingerprint density at radius 1 is 0.886 bits per heavy atom. The van der Waals surface area contributed by atoms with E-state index in [1.165, 1.54) is 12.8 Å². The van der Waals surface area contributed by atoms with Gasteiger partial charge in [-0.1, -0.05) is 18.1 Å². The predicted molar refractivity (Wildman–Crippen MR) is 138 cm³/mol. The zero-order valence-corrected chi connectivity index (χ0v) is 20.1. The van der Waals surface area contributed by atoms with Gasteiger partial charge < -0.3 is 19.7 Å². The number of fused-ring (bicyclic) bond motifs is 1. The summed E-state index contributed by atoms with van der Waals surface area (Å²) in [6, 6.07) is 14.4. The Morgan fingerprint density at radius 3 is 2.34 bits per heavy atom. The molecule has 3 heterocycles. The van der Waals surface area contributed by atoms with Crippen LogP contribution in [0.3, 0.4) is 0 Å². The minimum atomic E-state index is 0.511. The van der Waals surface area contributed by atoms with Crippen LogP contribution in [-0.2, 0) is 6.54 Å². The lowest BCUT2D eigenvalue weighted by atomic mass is 10.1. The lowest BCUT2D eigenvalue weighted by Gasteiger charge is -2.21. The third kappa shape index (κ3) is 5.28. The molecule has 7 nitrogen and oxygen atoms in total. The summed E-state index contributed by atoms with van der Waals surface area (Å²) in [5, 5.41) is 5.45. The van der Waals surface area contributed by atoms with Gasteiger partial charge in [0.2, 0.25) is 0 Å². The van der Waals surface area contributed by atoms with E-state index in [4.69, 9.17) is 14.5 Å². The molecule has 0 aliphatic heterocycles. The van der Waals surface area contributed by atoms with Crippen LogP contribution in [0.1, 0.15) is 29.7 Å². The van der Waals surface area contributed by atoms with E-state index in [0.29, 0.717) is 24.0 Å². The van der Waals surface area contributed by atoms with Crippen LogP contribution in [-0.4, -0.2) is 42.3 Å². The zero-order valence-electron chi connectivity index (χ0n) is 20.1. The van der Waals surface area contributed by atoms with Gasteiger partial charge in [0.25, 0.3) is 0 Å². The Morgan fingerprint density at radius 2 is 1.66 bits per heavy atom. The molecule has 1 aliphatic rings. The summed E-state index contributed by atoms with van der Waals surface area (Å²) >= 11 is 0. The van der Waals surface area contributed by atoms with Crippen molar-refractivity contribution in [3.05, 3.63) is 77.9 Å². The molecule has 5 rings (SSSR count). The predicted octanol–water partition coefficient (Wildman–Crippen LogP) is 4.65. The fourth-order valence-electron chi connectivity index (χ4n) is 3.83. The van der Waals surface area contributed by atoms with E-state index < -0.39 is 0 Å². The second-order valence-electron chi connectivity index (χ2n) is 8.57. The van der Waals surface area contributed by atoms with Gasteiger partial charge in [-0.05, 0) is 54.7 Å². The van der Waals surface area contributed by atoms with Crippen LogP contribution in [0.4, 0.5) is 11.6 Å². The Bertz CT molecular complexity index is 1390. The molecule has 1 aromatic carbocycles. The molecule has 4 aromatic rings. The molecule has 0 bridgehead atoms. The van der Waals surface area contributed by atoms with Gasteiger partial charge in [0.05, 0.1) is 26.0 Å². The fraction of sp³-hybridized carbons (Fsp3) is 0.250. The van der Waals surface area contributed by atoms with Crippen molar-refractivity contribution in [2.75, 3.05) is 31.5 Å². The number of hydrogen-bond acceptors (Lipinski definition) is 7. The lowest BCUT2D eigenvalue weighted by Crippen LogP contribution is -2.18. The molecule has 3 aromatic heterocycles. The SMILES string of the molecule is COc1ccc(CN(C)c2ncc(C#Cc3ccc(OC)cn3)c3cc(NC4CC4)ncc23)cc1. The number of ether oxygens (including phenoxy) is 2. The van der Waals surface area contributed by atoms with E-state index in [0.717, 1.165) is 39.3 Å². The first-order valence-electron chi connectivity index (χ1n) is 11.5. The summed E-state index contributed by atoms with van der Waals surface area (Å²) in [4.78, 5) is 15.9. The lowest BCUT2D eigenvalue weighted by molar-refractivity contribution is 0.413. The highest BCUT2D eigenvalue weighted by Crippen LogP contribution is 2.31. The molecule has 0 unspecified atom stereocenters. The number of nitrogens with one attached hydrogen (secondary N) is 1. The highest BCUT2D eigenvalue weighted by Gasteiger charge is 2.22. The van der Waals surface area contributed by atoms with E-state index >= 15 is 0 Å². The van der Waals surface area contributed by atoms with Gasteiger partial charge in [-0.2, -0.15) is 0 Å². The van der Waals surface area contributed by atoms with E-state index in [2.05, 4.69) is 50.2 Å². The number of rotatable bonds is 7. The van der Waals surface area contributed by atoms with Crippen molar-refractivity contribution in [1.82, 2.24) is 15.0 Å². The van der Waals surface area contributed by atoms with Gasteiger partial charge in [0, 0.05) is 42.8 Å². The Hall–Kier alpha value is -4.31. The average molecular weight is 466 g/mol. The monoisotopic (exact) mass is 465 g/mol. The van der Waals surface area contributed by atoms with Crippen molar-refractivity contribution < 1.29 is 9.47 Å². The van der Waals surface area contributed by atoms with Crippen molar-refractivity contribution >= 4 is 22.4 Å². The van der Waals surface area contributed by atoms with Crippen LogP contribution in [0.25, 0.3) is 10.8 Å². The number of pyridine rings is 3. The van der Waals surface area contributed by atoms with Crippen molar-refractivity contribution in [3.8, 4) is 23.3 Å². The van der Waals surface area contributed by atoms with Gasteiger partial charge in [-0.3, -0.25) is 0 Å². The largest absolute Gasteiger partial charge is 0.497 e. The smallest absolute Gasteiger partial charge is 0.138 e. The molecule has 0 spiro atoms. The second-order valence-corrected chi connectivity index (χ2v) is 8.57. The fourth-order valence-corrected chi connectivity index (χ4v) is 3.83. The molecular weight excluding hydrogens is 438 g/mol. The Balaban J connectivity index is 1.49. The third-order valence-electron chi connectivity index (χ3n) is 5.92. The molecule has 176 valence electrons. The molecule has 1 saturated carbocycles. The number of methoxy groups -OCH3 is 2. The third-order valence-corrected chi connectivity index (χ3v) is 5.92. The number of benzene rings is 1. The van der Waals surface area contributed by atoms with Gasteiger partial charge in [0.1, 0.15) is 28.8 Å². The quantitative estimate of drug-likeness (QED) is 0.398.